The number of aryl methyl sites for hydroxylation is 2. The lowest BCUT2D eigenvalue weighted by Crippen LogP contribution is -2.31. The summed E-state index contributed by atoms with van der Waals surface area (Å²) in [6, 6.07) is 16.6. The topological polar surface area (TPSA) is 59.4 Å². The van der Waals surface area contributed by atoms with Gasteiger partial charge in [-0.15, -0.1) is 0 Å². The van der Waals surface area contributed by atoms with E-state index in [1.807, 2.05) is 24.4 Å². The molecule has 3 heterocycles. The van der Waals surface area contributed by atoms with Gasteiger partial charge in [-0.2, -0.15) is 0 Å². The van der Waals surface area contributed by atoms with Gasteiger partial charge in [0.1, 0.15) is 0 Å². The molecule has 1 aliphatic rings. The van der Waals surface area contributed by atoms with Crippen LogP contribution in [0.3, 0.4) is 0 Å². The van der Waals surface area contributed by atoms with E-state index in [1.165, 1.54) is 29.6 Å². The number of pyridine rings is 1. The van der Waals surface area contributed by atoms with Gasteiger partial charge in [0.25, 0.3) is 0 Å². The zero-order chi connectivity index (χ0) is 23.5. The van der Waals surface area contributed by atoms with Crippen molar-refractivity contribution in [3.05, 3.63) is 82.9 Å². The van der Waals surface area contributed by atoms with E-state index in [1.54, 1.807) is 0 Å². The highest BCUT2D eigenvalue weighted by molar-refractivity contribution is 7.80. The fourth-order valence-corrected chi connectivity index (χ4v) is 5.06. The summed E-state index contributed by atoms with van der Waals surface area (Å²) in [6.07, 6.45) is 2.84. The second kappa shape index (κ2) is 9.75. The van der Waals surface area contributed by atoms with Gasteiger partial charge in [-0.1, -0.05) is 18.2 Å². The van der Waals surface area contributed by atoms with Crippen molar-refractivity contribution in [1.29, 1.82) is 0 Å². The fraction of sp³-hybridized carbons (Fsp3) is 0.346. The van der Waals surface area contributed by atoms with E-state index in [0.29, 0.717) is 24.5 Å². The van der Waals surface area contributed by atoms with Gasteiger partial charge in [-0.3, -0.25) is 9.78 Å². The van der Waals surface area contributed by atoms with Crippen molar-refractivity contribution < 1.29 is 9.53 Å². The van der Waals surface area contributed by atoms with E-state index in [-0.39, 0.29) is 18.1 Å². The molecule has 7 heteroatoms. The van der Waals surface area contributed by atoms with Crippen molar-refractivity contribution in [2.24, 2.45) is 0 Å². The zero-order valence-electron chi connectivity index (χ0n) is 19.5. The van der Waals surface area contributed by atoms with Crippen molar-refractivity contribution in [2.75, 3.05) is 13.7 Å². The minimum atomic E-state index is -0.205. The second-order valence-electron chi connectivity index (χ2n) is 8.50. The molecule has 0 bridgehead atoms. The molecule has 2 unspecified atom stereocenters. The summed E-state index contributed by atoms with van der Waals surface area (Å²) in [5, 5.41) is 4.18. The molecule has 6 nitrogen and oxygen atoms in total. The Morgan fingerprint density at radius 3 is 2.67 bits per heavy atom. The molecule has 2 atom stereocenters. The number of aromatic nitrogens is 2. The normalized spacial score (nSPS) is 17.8. The van der Waals surface area contributed by atoms with Gasteiger partial charge >= 0.3 is 5.97 Å². The summed E-state index contributed by atoms with van der Waals surface area (Å²) in [6.45, 7) is 7.06. The van der Waals surface area contributed by atoms with E-state index >= 15 is 0 Å². The van der Waals surface area contributed by atoms with Crippen LogP contribution in [-0.4, -0.2) is 39.2 Å². The number of rotatable bonds is 7. The molecule has 2 aromatic heterocycles. The summed E-state index contributed by atoms with van der Waals surface area (Å²) < 4.78 is 7.12. The predicted octanol–water partition coefficient (Wildman–Crippen LogP) is 4.72. The second-order valence-corrected chi connectivity index (χ2v) is 8.89. The summed E-state index contributed by atoms with van der Waals surface area (Å²) >= 11 is 5.76. The number of carbonyl (C=O) groups is 1. The number of hydrogen-bond acceptors (Lipinski definition) is 4. The van der Waals surface area contributed by atoms with Crippen LogP contribution < -0.4 is 5.32 Å². The molecule has 1 N–H and O–H groups in total. The van der Waals surface area contributed by atoms with Crippen LogP contribution in [0.5, 0.6) is 0 Å². The lowest BCUT2D eigenvalue weighted by molar-refractivity contribution is -0.140. The number of nitrogens with zero attached hydrogens (tertiary/aromatic N) is 3. The number of methoxy groups -OCH3 is 1. The van der Waals surface area contributed by atoms with Crippen LogP contribution in [0.25, 0.3) is 5.69 Å². The maximum Gasteiger partial charge on any atom is 0.305 e. The molecule has 3 aromatic rings. The molecule has 1 saturated heterocycles. The number of hydrogen-bond donors (Lipinski definition) is 1. The standard InChI is InChI=1S/C26H30N4O2S/c1-17-9-7-10-20(15-17)30-18(2)16-21(19(30)3)25-24(22-11-5-6-13-27-22)28-26(33)29(25)14-8-12-23(31)32-4/h5-7,9-11,13,15-16,24-25H,8,12,14H2,1-4H3,(H,28,33). The van der Waals surface area contributed by atoms with E-state index in [2.05, 4.69) is 70.9 Å². The van der Waals surface area contributed by atoms with Crippen molar-refractivity contribution in [2.45, 2.75) is 45.7 Å². The van der Waals surface area contributed by atoms with Crippen LogP contribution in [0, 0.1) is 20.8 Å². The molecule has 0 saturated carbocycles. The first-order valence-electron chi connectivity index (χ1n) is 11.2. The van der Waals surface area contributed by atoms with Crippen molar-refractivity contribution in [3.63, 3.8) is 0 Å². The van der Waals surface area contributed by atoms with Gasteiger partial charge in [0.05, 0.1) is 24.9 Å². The van der Waals surface area contributed by atoms with Crippen molar-refractivity contribution in [1.82, 2.24) is 19.8 Å². The summed E-state index contributed by atoms with van der Waals surface area (Å²) in [7, 11) is 1.42. The number of nitrogens with one attached hydrogen (secondary N) is 1. The Morgan fingerprint density at radius 2 is 1.97 bits per heavy atom. The fourth-order valence-electron chi connectivity index (χ4n) is 4.73. The molecule has 1 fully saturated rings. The number of benzene rings is 1. The average molecular weight is 463 g/mol. The van der Waals surface area contributed by atoms with Crippen LogP contribution in [0.1, 0.15) is 53.1 Å². The summed E-state index contributed by atoms with van der Waals surface area (Å²) in [5.74, 6) is -0.205. The molecule has 1 aromatic carbocycles. The SMILES string of the molecule is COC(=O)CCCN1C(=S)NC(c2ccccn2)C1c1cc(C)n(-c2cccc(C)c2)c1C. The number of carbonyl (C=O) groups excluding carboxylic acids is 1. The van der Waals surface area contributed by atoms with Gasteiger partial charge in [-0.25, -0.2) is 0 Å². The molecule has 33 heavy (non-hydrogen) atoms. The first kappa shape index (κ1) is 23.0. The van der Waals surface area contributed by atoms with E-state index in [0.717, 1.165) is 11.4 Å². The largest absolute Gasteiger partial charge is 0.469 e. The van der Waals surface area contributed by atoms with Crippen LogP contribution in [0.2, 0.25) is 0 Å². The Labute approximate surface area is 200 Å². The smallest absolute Gasteiger partial charge is 0.305 e. The predicted molar refractivity (Wildman–Crippen MR) is 133 cm³/mol. The van der Waals surface area contributed by atoms with Crippen LogP contribution in [-0.2, 0) is 9.53 Å². The zero-order valence-corrected chi connectivity index (χ0v) is 20.4. The lowest BCUT2D eigenvalue weighted by Gasteiger charge is -2.28. The van der Waals surface area contributed by atoms with Gasteiger partial charge in [0.15, 0.2) is 5.11 Å². The third kappa shape index (κ3) is 4.64. The molecule has 0 radical (unpaired) electrons. The number of ether oxygens (including phenoxy) is 1. The third-order valence-electron chi connectivity index (χ3n) is 6.25. The average Bonchev–Trinajstić information content (AvgIpc) is 3.29. The van der Waals surface area contributed by atoms with Crippen molar-refractivity contribution in [3.8, 4) is 5.69 Å². The van der Waals surface area contributed by atoms with Crippen molar-refractivity contribution >= 4 is 23.3 Å². The Balaban J connectivity index is 1.75. The molecule has 1 aliphatic heterocycles. The minimum absolute atomic E-state index is 0.0326. The maximum atomic E-state index is 11.7. The Hall–Kier alpha value is -3.19. The van der Waals surface area contributed by atoms with Gasteiger partial charge in [0.2, 0.25) is 0 Å². The quantitative estimate of drug-likeness (QED) is 0.405. The van der Waals surface area contributed by atoms with E-state index < -0.39 is 0 Å². The van der Waals surface area contributed by atoms with Gasteiger partial charge in [0, 0.05) is 36.2 Å². The molecular weight excluding hydrogens is 432 g/mol. The first-order valence-corrected chi connectivity index (χ1v) is 11.6. The molecule has 0 spiro atoms. The Kier molecular flexibility index (Phi) is 6.79. The molecule has 0 aliphatic carbocycles. The summed E-state index contributed by atoms with van der Waals surface area (Å²) in [5.41, 5.74) is 6.86. The van der Waals surface area contributed by atoms with E-state index in [9.17, 15) is 4.79 Å². The van der Waals surface area contributed by atoms with Crippen LogP contribution >= 0.6 is 12.2 Å². The molecule has 172 valence electrons. The number of thiocarbonyl (C=S) groups is 1. The van der Waals surface area contributed by atoms with Gasteiger partial charge in [-0.05, 0) is 80.9 Å². The highest BCUT2D eigenvalue weighted by Gasteiger charge is 2.41. The first-order chi connectivity index (χ1) is 15.9. The third-order valence-corrected chi connectivity index (χ3v) is 6.61. The maximum absolute atomic E-state index is 11.7. The molecule has 0 amide bonds. The van der Waals surface area contributed by atoms with E-state index in [4.69, 9.17) is 17.0 Å². The minimum Gasteiger partial charge on any atom is -0.469 e. The van der Waals surface area contributed by atoms with Crippen LogP contribution in [0.4, 0.5) is 0 Å². The number of esters is 1. The monoisotopic (exact) mass is 462 g/mol. The molecular formula is C26H30N4O2S. The molecule has 4 rings (SSSR count). The Morgan fingerprint density at radius 1 is 1.15 bits per heavy atom. The van der Waals surface area contributed by atoms with Gasteiger partial charge < -0.3 is 19.5 Å². The lowest BCUT2D eigenvalue weighted by atomic mass is 9.96. The highest BCUT2D eigenvalue weighted by Crippen LogP contribution is 2.41. The Bertz CT molecular complexity index is 1160. The van der Waals surface area contributed by atoms with Crippen LogP contribution in [0.15, 0.2) is 54.7 Å². The summed E-state index contributed by atoms with van der Waals surface area (Å²) in [4.78, 5) is 18.5. The highest BCUT2D eigenvalue weighted by atomic mass is 32.1.